The number of halogens is 3. The Morgan fingerprint density at radius 3 is 2.62 bits per heavy atom. The fraction of sp³-hybridized carbons (Fsp3) is 0.500. The third-order valence-electron chi connectivity index (χ3n) is 3.25. The predicted molar refractivity (Wildman–Crippen MR) is 88.8 cm³/mol. The highest BCUT2D eigenvalue weighted by molar-refractivity contribution is 9.10. The minimum atomic E-state index is -3.67. The van der Waals surface area contributed by atoms with Gasteiger partial charge in [-0.2, -0.15) is 0 Å². The lowest BCUT2D eigenvalue weighted by Gasteiger charge is -2.17. The van der Waals surface area contributed by atoms with E-state index in [0.717, 1.165) is 12.8 Å². The maximum absolute atomic E-state index is 12.4. The molecule has 1 aliphatic carbocycles. The molecule has 0 amide bonds. The maximum atomic E-state index is 12.4. The second kappa shape index (κ2) is 7.48. The van der Waals surface area contributed by atoms with E-state index in [-0.39, 0.29) is 34.9 Å². The molecule has 120 valence electrons. The minimum absolute atomic E-state index is 0. The summed E-state index contributed by atoms with van der Waals surface area (Å²) in [6, 6.07) is 2.67. The summed E-state index contributed by atoms with van der Waals surface area (Å²) in [5, 5.41) is 0.242. The SMILES string of the molecule is COc1cc(Br)c(S(=O)(=O)NC(CN)C2CC2)cc1Cl.Cl. The van der Waals surface area contributed by atoms with E-state index in [1.54, 1.807) is 0 Å². The lowest BCUT2D eigenvalue weighted by atomic mass is 10.2. The van der Waals surface area contributed by atoms with Crippen LogP contribution in [0.2, 0.25) is 5.02 Å². The first-order valence-electron chi connectivity index (χ1n) is 6.14. The number of nitrogens with two attached hydrogens (primary N) is 1. The Labute approximate surface area is 144 Å². The Morgan fingerprint density at radius 2 is 2.14 bits per heavy atom. The number of methoxy groups -OCH3 is 1. The maximum Gasteiger partial charge on any atom is 0.242 e. The van der Waals surface area contributed by atoms with E-state index in [2.05, 4.69) is 20.7 Å². The fourth-order valence-corrected chi connectivity index (χ4v) is 4.64. The zero-order valence-corrected chi connectivity index (χ0v) is 15.3. The molecule has 0 spiro atoms. The molecule has 0 aliphatic heterocycles. The molecule has 0 bridgehead atoms. The Kier molecular flexibility index (Phi) is 6.77. The molecular weight excluding hydrogens is 403 g/mol. The first-order chi connectivity index (χ1) is 9.39. The molecule has 1 aromatic rings. The summed E-state index contributed by atoms with van der Waals surface area (Å²) in [6.07, 6.45) is 2.02. The van der Waals surface area contributed by atoms with Gasteiger partial charge in [-0.15, -0.1) is 12.4 Å². The highest BCUT2D eigenvalue weighted by Gasteiger charge is 2.34. The standard InChI is InChI=1S/C12H16BrClN2O3S.ClH/c1-19-11-4-8(13)12(5-9(11)14)20(17,18)16-10(6-15)7-2-3-7;/h4-5,7,10,16H,2-3,6,15H2,1H3;1H. The first-order valence-corrected chi connectivity index (χ1v) is 8.80. The second-order valence-corrected chi connectivity index (χ2v) is 7.66. The van der Waals surface area contributed by atoms with E-state index >= 15 is 0 Å². The number of nitrogens with one attached hydrogen (secondary N) is 1. The molecule has 2 rings (SSSR count). The summed E-state index contributed by atoms with van der Waals surface area (Å²) >= 11 is 9.22. The van der Waals surface area contributed by atoms with Crippen molar-refractivity contribution in [3.05, 3.63) is 21.6 Å². The van der Waals surface area contributed by atoms with Crippen LogP contribution in [0.3, 0.4) is 0 Å². The molecule has 1 atom stereocenters. The van der Waals surface area contributed by atoms with Gasteiger partial charge in [0.2, 0.25) is 10.0 Å². The average molecular weight is 420 g/mol. The number of hydrogen-bond acceptors (Lipinski definition) is 4. The highest BCUT2D eigenvalue weighted by atomic mass is 79.9. The molecule has 0 saturated heterocycles. The molecule has 0 radical (unpaired) electrons. The van der Waals surface area contributed by atoms with Gasteiger partial charge >= 0.3 is 0 Å². The molecule has 3 N–H and O–H groups in total. The van der Waals surface area contributed by atoms with Crippen molar-refractivity contribution < 1.29 is 13.2 Å². The average Bonchev–Trinajstić information content (AvgIpc) is 3.22. The number of benzene rings is 1. The zero-order chi connectivity index (χ0) is 14.9. The second-order valence-electron chi connectivity index (χ2n) is 4.72. The van der Waals surface area contributed by atoms with Crippen molar-refractivity contribution in [2.45, 2.75) is 23.8 Å². The van der Waals surface area contributed by atoms with E-state index < -0.39 is 10.0 Å². The highest BCUT2D eigenvalue weighted by Crippen LogP contribution is 2.36. The van der Waals surface area contributed by atoms with Crippen LogP contribution in [-0.4, -0.2) is 28.1 Å². The molecule has 0 heterocycles. The number of ether oxygens (including phenoxy) is 1. The van der Waals surface area contributed by atoms with Crippen molar-refractivity contribution in [1.29, 1.82) is 0 Å². The molecule has 1 saturated carbocycles. The van der Waals surface area contributed by atoms with Crippen LogP contribution in [0.4, 0.5) is 0 Å². The minimum Gasteiger partial charge on any atom is -0.495 e. The molecular formula is C12H17BrCl2N2O3S. The van der Waals surface area contributed by atoms with Crippen LogP contribution in [0.15, 0.2) is 21.5 Å². The van der Waals surface area contributed by atoms with Gasteiger partial charge in [0, 0.05) is 17.1 Å². The Morgan fingerprint density at radius 1 is 1.52 bits per heavy atom. The van der Waals surface area contributed by atoms with E-state index in [1.807, 2.05) is 0 Å². The Hall–Kier alpha value is -0.0500. The van der Waals surface area contributed by atoms with E-state index in [9.17, 15) is 8.42 Å². The van der Waals surface area contributed by atoms with Crippen LogP contribution in [0.25, 0.3) is 0 Å². The Balaban J connectivity index is 0.00000220. The third kappa shape index (κ3) is 4.46. The van der Waals surface area contributed by atoms with Crippen LogP contribution in [0, 0.1) is 5.92 Å². The topological polar surface area (TPSA) is 81.4 Å². The molecule has 1 fully saturated rings. The van der Waals surface area contributed by atoms with Gasteiger partial charge in [-0.1, -0.05) is 11.6 Å². The fourth-order valence-electron chi connectivity index (χ4n) is 1.97. The third-order valence-corrected chi connectivity index (χ3v) is 5.99. The molecule has 0 aromatic heterocycles. The zero-order valence-electron chi connectivity index (χ0n) is 11.3. The van der Waals surface area contributed by atoms with Crippen molar-refractivity contribution in [2.24, 2.45) is 11.7 Å². The summed E-state index contributed by atoms with van der Waals surface area (Å²) in [4.78, 5) is 0.0856. The van der Waals surface area contributed by atoms with Gasteiger partial charge in [-0.25, -0.2) is 13.1 Å². The van der Waals surface area contributed by atoms with Gasteiger partial charge in [0.1, 0.15) is 5.75 Å². The summed E-state index contributed by atoms with van der Waals surface area (Å²) in [5.41, 5.74) is 5.63. The summed E-state index contributed by atoms with van der Waals surface area (Å²) in [6.45, 7) is 0.283. The van der Waals surface area contributed by atoms with Crippen LogP contribution in [0.1, 0.15) is 12.8 Å². The monoisotopic (exact) mass is 418 g/mol. The van der Waals surface area contributed by atoms with Gasteiger partial charge in [0.05, 0.1) is 17.0 Å². The largest absolute Gasteiger partial charge is 0.495 e. The number of sulfonamides is 1. The van der Waals surface area contributed by atoms with Crippen LogP contribution < -0.4 is 15.2 Å². The van der Waals surface area contributed by atoms with Crippen LogP contribution in [0.5, 0.6) is 5.75 Å². The van der Waals surface area contributed by atoms with Crippen molar-refractivity contribution in [2.75, 3.05) is 13.7 Å². The van der Waals surface area contributed by atoms with E-state index in [4.69, 9.17) is 22.1 Å². The van der Waals surface area contributed by atoms with Gasteiger partial charge in [0.15, 0.2) is 0 Å². The molecule has 1 unspecified atom stereocenters. The van der Waals surface area contributed by atoms with E-state index in [0.29, 0.717) is 16.1 Å². The van der Waals surface area contributed by atoms with Gasteiger partial charge in [0.25, 0.3) is 0 Å². The lowest BCUT2D eigenvalue weighted by Crippen LogP contribution is -2.41. The van der Waals surface area contributed by atoms with Crippen molar-refractivity contribution in [1.82, 2.24) is 4.72 Å². The quantitative estimate of drug-likeness (QED) is 0.742. The van der Waals surface area contributed by atoms with Gasteiger partial charge in [-0.3, -0.25) is 0 Å². The molecule has 1 aliphatic rings. The summed E-state index contributed by atoms with van der Waals surface area (Å²) in [5.74, 6) is 0.748. The number of rotatable bonds is 6. The van der Waals surface area contributed by atoms with Crippen LogP contribution in [-0.2, 0) is 10.0 Å². The molecule has 9 heteroatoms. The summed E-state index contributed by atoms with van der Waals surface area (Å²) < 4.78 is 32.9. The molecule has 21 heavy (non-hydrogen) atoms. The lowest BCUT2D eigenvalue weighted by molar-refractivity contribution is 0.414. The number of hydrogen-bond donors (Lipinski definition) is 2. The molecule has 1 aromatic carbocycles. The van der Waals surface area contributed by atoms with Crippen molar-refractivity contribution >= 4 is 50.0 Å². The normalized spacial score (nSPS) is 16.2. The predicted octanol–water partition coefficient (Wildman–Crippen LogP) is 2.55. The Bertz CT molecular complexity index is 609. The molecule has 5 nitrogen and oxygen atoms in total. The first kappa shape index (κ1) is 19.0. The van der Waals surface area contributed by atoms with E-state index in [1.165, 1.54) is 19.2 Å². The van der Waals surface area contributed by atoms with Gasteiger partial charge in [-0.05, 0) is 46.8 Å². The summed E-state index contributed by atoms with van der Waals surface area (Å²) in [7, 11) is -2.20. The van der Waals surface area contributed by atoms with Crippen molar-refractivity contribution in [3.63, 3.8) is 0 Å². The van der Waals surface area contributed by atoms with Gasteiger partial charge < -0.3 is 10.5 Å². The van der Waals surface area contributed by atoms with Crippen LogP contribution >= 0.6 is 39.9 Å². The smallest absolute Gasteiger partial charge is 0.242 e. The van der Waals surface area contributed by atoms with Crippen molar-refractivity contribution in [3.8, 4) is 5.75 Å².